The minimum Gasteiger partial charge on any atom is -0.617 e. The van der Waals surface area contributed by atoms with Gasteiger partial charge in [-0.05, 0) is 59.0 Å². The number of pyridine rings is 1. The molecule has 0 aliphatic carbocycles. The Hall–Kier alpha value is -3.94. The van der Waals surface area contributed by atoms with Gasteiger partial charge in [0.1, 0.15) is 11.8 Å². The number of nitrogens with zero attached hydrogens (tertiary/aromatic N) is 1. The monoisotopic (exact) mass is 512 g/mol. The molecule has 0 spiro atoms. The third-order valence-corrected chi connectivity index (χ3v) is 6.91. The average Bonchev–Trinajstić information content (AvgIpc) is 2.89. The first kappa shape index (κ1) is 26.1. The Labute approximate surface area is 219 Å². The third kappa shape index (κ3) is 6.64. The molecule has 2 unspecified atom stereocenters. The summed E-state index contributed by atoms with van der Waals surface area (Å²) in [4.78, 5) is 29.5. The van der Waals surface area contributed by atoms with Crippen LogP contribution in [0.25, 0.3) is 34.2 Å². The number of aliphatic carboxylic acids is 1. The fourth-order valence-electron chi connectivity index (χ4n) is 4.11. The summed E-state index contributed by atoms with van der Waals surface area (Å²) in [6.07, 6.45) is 7.35. The number of carboxylic acid groups (broad SMARTS) is 1. The molecule has 2 atom stereocenters. The molecule has 37 heavy (non-hydrogen) atoms. The Kier molecular flexibility index (Phi) is 8.38. The number of carbonyl (C=O) groups excluding carboxylic acids is 1. The van der Waals surface area contributed by atoms with E-state index >= 15 is 0 Å². The van der Waals surface area contributed by atoms with E-state index in [0.717, 1.165) is 33.2 Å². The summed E-state index contributed by atoms with van der Waals surface area (Å²) in [6.45, 7) is 1.97. The molecule has 0 aliphatic rings. The van der Waals surface area contributed by atoms with Crippen LogP contribution in [-0.2, 0) is 16.0 Å². The quantitative estimate of drug-likeness (QED) is 0.295. The van der Waals surface area contributed by atoms with E-state index in [9.17, 15) is 19.2 Å². The van der Waals surface area contributed by atoms with Crippen molar-refractivity contribution in [2.75, 3.05) is 12.0 Å². The molecule has 4 aromatic rings. The predicted octanol–water partition coefficient (Wildman–Crippen LogP) is 5.33. The number of benzene rings is 3. The second-order valence-corrected chi connectivity index (χ2v) is 10.4. The minimum absolute atomic E-state index is 0.0878. The Morgan fingerprint density at radius 2 is 1.73 bits per heavy atom. The lowest BCUT2D eigenvalue weighted by Gasteiger charge is -2.17. The molecule has 3 aromatic carbocycles. The number of aryl methyl sites for hydroxylation is 1. The van der Waals surface area contributed by atoms with Gasteiger partial charge in [-0.25, -0.2) is 4.79 Å². The molecule has 0 aliphatic heterocycles. The van der Waals surface area contributed by atoms with E-state index in [-0.39, 0.29) is 12.2 Å². The van der Waals surface area contributed by atoms with E-state index in [0.29, 0.717) is 11.1 Å². The first-order valence-corrected chi connectivity index (χ1v) is 13.6. The summed E-state index contributed by atoms with van der Waals surface area (Å²) in [5, 5.41) is 13.2. The van der Waals surface area contributed by atoms with Crippen molar-refractivity contribution in [2.24, 2.45) is 0 Å². The van der Waals surface area contributed by atoms with Crippen molar-refractivity contribution in [2.45, 2.75) is 19.4 Å². The number of hydrogen-bond acceptors (Lipinski definition) is 4. The molecule has 0 radical (unpaired) electrons. The first-order chi connectivity index (χ1) is 17.8. The van der Waals surface area contributed by atoms with Gasteiger partial charge in [0.2, 0.25) is 0 Å². The maximum Gasteiger partial charge on any atom is 0.326 e. The maximum atomic E-state index is 13.2. The standard InChI is InChI=1S/C30H28N2O4S/c1-20-7-3-5-9-24(20)26-18-21(11-12-22-17-23-8-4-6-10-27(23)31-19-22)13-14-25(26)29(33)32-28(30(34)35)15-16-37(2)36/h3-14,17-19,28H,15-16H2,1-2H3,(H,32,33)(H,34,35). The molecule has 2 N–H and O–H groups in total. The number of hydrogen-bond donors (Lipinski definition) is 2. The summed E-state index contributed by atoms with van der Waals surface area (Å²) in [7, 11) is 0. The van der Waals surface area contributed by atoms with Crippen molar-refractivity contribution in [3.05, 3.63) is 101 Å². The molecule has 188 valence electrons. The number of amides is 1. The predicted molar refractivity (Wildman–Crippen MR) is 150 cm³/mol. The maximum absolute atomic E-state index is 13.2. The molecule has 0 saturated heterocycles. The van der Waals surface area contributed by atoms with Crippen molar-refractivity contribution in [1.82, 2.24) is 10.3 Å². The zero-order valence-electron chi connectivity index (χ0n) is 20.7. The summed E-state index contributed by atoms with van der Waals surface area (Å²) in [5.41, 5.74) is 5.74. The molecule has 0 saturated carbocycles. The Balaban J connectivity index is 1.67. The van der Waals surface area contributed by atoms with Crippen LogP contribution in [0.15, 0.2) is 79.0 Å². The third-order valence-electron chi connectivity index (χ3n) is 6.10. The second kappa shape index (κ2) is 11.9. The van der Waals surface area contributed by atoms with Crippen molar-refractivity contribution in [3.63, 3.8) is 0 Å². The van der Waals surface area contributed by atoms with Gasteiger partial charge in [-0.3, -0.25) is 9.78 Å². The van der Waals surface area contributed by atoms with Crippen molar-refractivity contribution in [3.8, 4) is 11.1 Å². The fraction of sp³-hybridized carbons (Fsp3) is 0.167. The molecule has 7 heteroatoms. The molecule has 6 nitrogen and oxygen atoms in total. The van der Waals surface area contributed by atoms with Crippen molar-refractivity contribution >= 4 is 46.1 Å². The van der Waals surface area contributed by atoms with Crippen LogP contribution in [0.5, 0.6) is 0 Å². The lowest BCUT2D eigenvalue weighted by Crippen LogP contribution is -2.42. The van der Waals surface area contributed by atoms with Crippen LogP contribution >= 0.6 is 0 Å². The lowest BCUT2D eigenvalue weighted by molar-refractivity contribution is -0.139. The minimum atomic E-state index is -1.16. The Bertz CT molecular complexity index is 1470. The van der Waals surface area contributed by atoms with E-state index in [1.807, 2.05) is 85.9 Å². The van der Waals surface area contributed by atoms with Crippen LogP contribution in [0, 0.1) is 6.92 Å². The number of rotatable bonds is 9. The van der Waals surface area contributed by atoms with E-state index in [2.05, 4.69) is 16.4 Å². The average molecular weight is 513 g/mol. The summed E-state index contributed by atoms with van der Waals surface area (Å²) < 4.78 is 11.5. The SMILES string of the molecule is Cc1ccccc1-c1cc(C=Cc2cnc3ccccc3c2)ccc1C(=O)NC(CC[S+](C)[O-])C(=O)O. The van der Waals surface area contributed by atoms with Crippen LogP contribution in [0.2, 0.25) is 0 Å². The fourth-order valence-corrected chi connectivity index (χ4v) is 4.68. The van der Waals surface area contributed by atoms with Gasteiger partial charge >= 0.3 is 5.97 Å². The Morgan fingerprint density at radius 3 is 2.49 bits per heavy atom. The van der Waals surface area contributed by atoms with E-state index in [4.69, 9.17) is 0 Å². The second-order valence-electron chi connectivity index (χ2n) is 8.84. The van der Waals surface area contributed by atoms with Gasteiger partial charge in [-0.2, -0.15) is 0 Å². The van der Waals surface area contributed by atoms with Gasteiger partial charge in [0.05, 0.1) is 11.8 Å². The number of para-hydroxylation sites is 1. The topological polar surface area (TPSA) is 102 Å². The molecule has 1 amide bonds. The molecule has 0 fully saturated rings. The van der Waals surface area contributed by atoms with Gasteiger partial charge in [-0.15, -0.1) is 0 Å². The van der Waals surface area contributed by atoms with Gasteiger partial charge < -0.3 is 15.0 Å². The van der Waals surface area contributed by atoms with Crippen LogP contribution < -0.4 is 5.32 Å². The molecular formula is C30H28N2O4S. The zero-order chi connectivity index (χ0) is 26.4. The van der Waals surface area contributed by atoms with Crippen molar-refractivity contribution in [1.29, 1.82) is 0 Å². The lowest BCUT2D eigenvalue weighted by atomic mass is 9.93. The van der Waals surface area contributed by atoms with Gasteiger partial charge in [0.25, 0.3) is 5.91 Å². The highest BCUT2D eigenvalue weighted by molar-refractivity contribution is 7.90. The zero-order valence-corrected chi connectivity index (χ0v) is 21.5. The molecule has 4 rings (SSSR count). The van der Waals surface area contributed by atoms with E-state index in [1.165, 1.54) is 6.26 Å². The largest absolute Gasteiger partial charge is 0.617 e. The first-order valence-electron chi connectivity index (χ1n) is 11.9. The number of carboxylic acids is 1. The van der Waals surface area contributed by atoms with Gasteiger partial charge in [0.15, 0.2) is 0 Å². The highest BCUT2D eigenvalue weighted by Gasteiger charge is 2.24. The molecule has 1 heterocycles. The van der Waals surface area contributed by atoms with E-state index in [1.54, 1.807) is 6.07 Å². The number of aromatic nitrogens is 1. The van der Waals surface area contributed by atoms with Crippen LogP contribution in [-0.4, -0.2) is 44.6 Å². The number of nitrogens with one attached hydrogen (secondary N) is 1. The summed E-state index contributed by atoms with van der Waals surface area (Å²) >= 11 is -1.16. The Morgan fingerprint density at radius 1 is 1.00 bits per heavy atom. The van der Waals surface area contributed by atoms with E-state index < -0.39 is 29.1 Å². The van der Waals surface area contributed by atoms with Crippen LogP contribution in [0.1, 0.15) is 33.5 Å². The summed E-state index contributed by atoms with van der Waals surface area (Å²) in [6, 6.07) is 22.1. The van der Waals surface area contributed by atoms with Crippen molar-refractivity contribution < 1.29 is 19.2 Å². The van der Waals surface area contributed by atoms with Gasteiger partial charge in [-0.1, -0.05) is 71.9 Å². The highest BCUT2D eigenvalue weighted by atomic mass is 32.2. The molecule has 0 bridgehead atoms. The number of fused-ring (bicyclic) bond motifs is 1. The van der Waals surface area contributed by atoms with Crippen LogP contribution in [0.3, 0.4) is 0 Å². The summed E-state index contributed by atoms with van der Waals surface area (Å²) in [5.74, 6) is -1.45. The van der Waals surface area contributed by atoms with Gasteiger partial charge in [0, 0.05) is 23.6 Å². The highest BCUT2D eigenvalue weighted by Crippen LogP contribution is 2.29. The number of carbonyl (C=O) groups is 2. The van der Waals surface area contributed by atoms with Crippen LogP contribution in [0.4, 0.5) is 0 Å². The molecular weight excluding hydrogens is 484 g/mol. The normalized spacial score (nSPS) is 12.9. The smallest absolute Gasteiger partial charge is 0.326 e. The molecule has 1 aromatic heterocycles.